The van der Waals surface area contributed by atoms with Gasteiger partial charge in [-0.3, -0.25) is 14.5 Å². The maximum atomic E-state index is 12.7. The number of benzene rings is 1. The van der Waals surface area contributed by atoms with E-state index in [2.05, 4.69) is 10.3 Å². The molecule has 1 saturated heterocycles. The number of aryl methyl sites for hydroxylation is 1. The fourth-order valence-electron chi connectivity index (χ4n) is 3.04. The molecule has 0 unspecified atom stereocenters. The SMILES string of the molecule is CCOc1ccc(N2CCN(CC(=O)Nc3nc(C)c(C(=O)N(C)C)s3)C2=O)cc1. The first-order valence-corrected chi connectivity index (χ1v) is 10.4. The van der Waals surface area contributed by atoms with Crippen molar-refractivity contribution in [3.05, 3.63) is 34.8 Å². The zero-order valence-electron chi connectivity index (χ0n) is 17.5. The lowest BCUT2D eigenvalue weighted by Crippen LogP contribution is -2.37. The van der Waals surface area contributed by atoms with Crippen LogP contribution in [0.4, 0.5) is 15.6 Å². The molecule has 3 rings (SSSR count). The molecular weight excluding hydrogens is 406 g/mol. The van der Waals surface area contributed by atoms with E-state index in [0.29, 0.717) is 35.4 Å². The Hall–Kier alpha value is -3.14. The highest BCUT2D eigenvalue weighted by molar-refractivity contribution is 7.17. The highest BCUT2D eigenvalue weighted by atomic mass is 32.1. The number of carbonyl (C=O) groups is 3. The van der Waals surface area contributed by atoms with Gasteiger partial charge in [-0.2, -0.15) is 0 Å². The number of rotatable bonds is 7. The number of nitrogens with one attached hydrogen (secondary N) is 1. The van der Waals surface area contributed by atoms with E-state index < -0.39 is 0 Å². The Morgan fingerprint density at radius 1 is 1.23 bits per heavy atom. The summed E-state index contributed by atoms with van der Waals surface area (Å²) >= 11 is 1.13. The van der Waals surface area contributed by atoms with Gasteiger partial charge in [-0.05, 0) is 38.1 Å². The molecule has 1 aromatic carbocycles. The molecule has 0 radical (unpaired) electrons. The van der Waals surface area contributed by atoms with Gasteiger partial charge in [-0.15, -0.1) is 0 Å². The molecule has 0 saturated carbocycles. The average Bonchev–Trinajstić information content (AvgIpc) is 3.24. The minimum absolute atomic E-state index is 0.0814. The standard InChI is InChI=1S/C20H25N5O4S/c1-5-29-15-8-6-14(7-9-15)25-11-10-24(20(25)28)12-16(26)22-19-21-13(2)17(30-19)18(27)23(3)4/h6-9H,5,10-12H2,1-4H3,(H,21,22,26). The van der Waals surface area contributed by atoms with Gasteiger partial charge in [0, 0.05) is 32.9 Å². The van der Waals surface area contributed by atoms with E-state index >= 15 is 0 Å². The molecule has 1 fully saturated rings. The summed E-state index contributed by atoms with van der Waals surface area (Å²) in [6.07, 6.45) is 0. The van der Waals surface area contributed by atoms with Crippen molar-refractivity contribution in [2.45, 2.75) is 13.8 Å². The van der Waals surface area contributed by atoms with E-state index in [0.717, 1.165) is 22.8 Å². The van der Waals surface area contributed by atoms with Gasteiger partial charge in [0.25, 0.3) is 5.91 Å². The zero-order valence-corrected chi connectivity index (χ0v) is 18.3. The maximum absolute atomic E-state index is 12.7. The molecule has 1 aliphatic rings. The number of anilines is 2. The van der Waals surface area contributed by atoms with Crippen molar-refractivity contribution in [2.24, 2.45) is 0 Å². The number of thiazole rings is 1. The van der Waals surface area contributed by atoms with Crippen LogP contribution in [0.5, 0.6) is 5.75 Å². The van der Waals surface area contributed by atoms with Crippen LogP contribution in [0.15, 0.2) is 24.3 Å². The first kappa shape index (κ1) is 21.6. The normalized spacial score (nSPS) is 13.5. The zero-order chi connectivity index (χ0) is 21.8. The average molecular weight is 432 g/mol. The third-order valence-electron chi connectivity index (χ3n) is 4.53. The van der Waals surface area contributed by atoms with Crippen molar-refractivity contribution in [3.8, 4) is 5.75 Å². The topological polar surface area (TPSA) is 95.1 Å². The molecule has 1 aliphatic heterocycles. The molecule has 0 atom stereocenters. The molecule has 4 amide bonds. The fraction of sp³-hybridized carbons (Fsp3) is 0.400. The molecule has 0 spiro atoms. The largest absolute Gasteiger partial charge is 0.494 e. The number of urea groups is 1. The minimum atomic E-state index is -0.352. The van der Waals surface area contributed by atoms with Crippen LogP contribution in [0.2, 0.25) is 0 Å². The first-order chi connectivity index (χ1) is 14.3. The lowest BCUT2D eigenvalue weighted by atomic mass is 10.3. The van der Waals surface area contributed by atoms with Gasteiger partial charge in [0.05, 0.1) is 12.3 Å². The lowest BCUT2D eigenvalue weighted by molar-refractivity contribution is -0.116. The summed E-state index contributed by atoms with van der Waals surface area (Å²) in [6.45, 7) is 5.07. The summed E-state index contributed by atoms with van der Waals surface area (Å²) in [7, 11) is 3.32. The Bertz CT molecular complexity index is 941. The number of nitrogens with zero attached hydrogens (tertiary/aromatic N) is 4. The third kappa shape index (κ3) is 4.70. The van der Waals surface area contributed by atoms with Crippen LogP contribution in [0.25, 0.3) is 0 Å². The summed E-state index contributed by atoms with van der Waals surface area (Å²) in [6, 6.07) is 7.06. The Morgan fingerprint density at radius 2 is 1.93 bits per heavy atom. The monoisotopic (exact) mass is 431 g/mol. The Labute approximate surface area is 179 Å². The van der Waals surface area contributed by atoms with Gasteiger partial charge in [0.15, 0.2) is 5.13 Å². The number of aromatic nitrogens is 1. The summed E-state index contributed by atoms with van der Waals surface area (Å²) < 4.78 is 5.42. The second-order valence-corrected chi connectivity index (χ2v) is 7.96. The summed E-state index contributed by atoms with van der Waals surface area (Å²) in [5, 5.41) is 3.03. The number of carbonyl (C=O) groups excluding carboxylic acids is 3. The van der Waals surface area contributed by atoms with Gasteiger partial charge < -0.3 is 19.9 Å². The quantitative estimate of drug-likeness (QED) is 0.727. The molecule has 160 valence electrons. The first-order valence-electron chi connectivity index (χ1n) is 9.58. The van der Waals surface area contributed by atoms with Crippen molar-refractivity contribution in [1.29, 1.82) is 0 Å². The number of hydrogen-bond acceptors (Lipinski definition) is 6. The van der Waals surface area contributed by atoms with E-state index in [4.69, 9.17) is 4.74 Å². The van der Waals surface area contributed by atoms with Crippen molar-refractivity contribution in [1.82, 2.24) is 14.8 Å². The van der Waals surface area contributed by atoms with Crippen LogP contribution in [-0.2, 0) is 4.79 Å². The smallest absolute Gasteiger partial charge is 0.325 e. The Kier molecular flexibility index (Phi) is 6.56. The van der Waals surface area contributed by atoms with E-state index in [9.17, 15) is 14.4 Å². The number of ether oxygens (including phenoxy) is 1. The molecule has 10 heteroatoms. The maximum Gasteiger partial charge on any atom is 0.325 e. The van der Waals surface area contributed by atoms with Crippen molar-refractivity contribution >= 4 is 40.0 Å². The highest BCUT2D eigenvalue weighted by Crippen LogP contribution is 2.25. The van der Waals surface area contributed by atoms with E-state index in [-0.39, 0.29) is 24.4 Å². The predicted molar refractivity (Wildman–Crippen MR) is 115 cm³/mol. The van der Waals surface area contributed by atoms with Crippen LogP contribution in [0.1, 0.15) is 22.3 Å². The minimum Gasteiger partial charge on any atom is -0.494 e. The second kappa shape index (κ2) is 9.12. The molecule has 9 nitrogen and oxygen atoms in total. The van der Waals surface area contributed by atoms with E-state index in [1.54, 1.807) is 25.9 Å². The second-order valence-electron chi connectivity index (χ2n) is 6.96. The van der Waals surface area contributed by atoms with Gasteiger partial charge >= 0.3 is 6.03 Å². The fourth-order valence-corrected chi connectivity index (χ4v) is 4.05. The Morgan fingerprint density at radius 3 is 2.57 bits per heavy atom. The van der Waals surface area contributed by atoms with Crippen LogP contribution < -0.4 is 15.0 Å². The third-order valence-corrected chi connectivity index (χ3v) is 5.59. The van der Waals surface area contributed by atoms with Gasteiger partial charge in [-0.25, -0.2) is 9.78 Å². The van der Waals surface area contributed by atoms with Crippen molar-refractivity contribution < 1.29 is 19.1 Å². The van der Waals surface area contributed by atoms with E-state index in [1.165, 1.54) is 9.80 Å². The van der Waals surface area contributed by atoms with Crippen LogP contribution in [0, 0.1) is 6.92 Å². The number of hydrogen-bond donors (Lipinski definition) is 1. The molecule has 1 aromatic heterocycles. The van der Waals surface area contributed by atoms with Crippen molar-refractivity contribution in [2.75, 3.05) is 50.6 Å². The Balaban J connectivity index is 1.59. The summed E-state index contributed by atoms with van der Waals surface area (Å²) in [5.74, 6) is 0.232. The van der Waals surface area contributed by atoms with Gasteiger partial charge in [-0.1, -0.05) is 11.3 Å². The molecular formula is C20H25N5O4S. The van der Waals surface area contributed by atoms with Crippen LogP contribution in [0.3, 0.4) is 0 Å². The molecule has 0 bridgehead atoms. The number of amides is 4. The summed E-state index contributed by atoms with van der Waals surface area (Å²) in [5.41, 5.74) is 1.32. The lowest BCUT2D eigenvalue weighted by Gasteiger charge is -2.18. The van der Waals surface area contributed by atoms with Crippen LogP contribution in [-0.4, -0.2) is 73.0 Å². The molecule has 0 aliphatic carbocycles. The van der Waals surface area contributed by atoms with E-state index in [1.807, 2.05) is 31.2 Å². The van der Waals surface area contributed by atoms with Crippen LogP contribution >= 0.6 is 11.3 Å². The van der Waals surface area contributed by atoms with Gasteiger partial charge in [0.2, 0.25) is 5.91 Å². The molecule has 30 heavy (non-hydrogen) atoms. The van der Waals surface area contributed by atoms with Gasteiger partial charge in [0.1, 0.15) is 17.2 Å². The molecule has 2 heterocycles. The highest BCUT2D eigenvalue weighted by Gasteiger charge is 2.31. The molecule has 1 N–H and O–H groups in total. The predicted octanol–water partition coefficient (Wildman–Crippen LogP) is 2.43. The summed E-state index contributed by atoms with van der Waals surface area (Å²) in [4.78, 5) is 46.6. The van der Waals surface area contributed by atoms with Crippen molar-refractivity contribution in [3.63, 3.8) is 0 Å². The molecule has 2 aromatic rings.